The molecule has 1 saturated heterocycles. The largest absolute Gasteiger partial charge is 0.460 e. The summed E-state index contributed by atoms with van der Waals surface area (Å²) >= 11 is 0. The minimum absolute atomic E-state index is 0.00445. The highest BCUT2D eigenvalue weighted by atomic mass is 16.6. The van der Waals surface area contributed by atoms with Crippen LogP contribution in [0, 0.1) is 0 Å². The van der Waals surface area contributed by atoms with E-state index in [0.717, 1.165) is 5.56 Å². The van der Waals surface area contributed by atoms with Gasteiger partial charge in [0.1, 0.15) is 17.3 Å². The number of pyridine rings is 1. The highest BCUT2D eigenvalue weighted by Crippen LogP contribution is 2.20. The highest BCUT2D eigenvalue weighted by Gasteiger charge is 2.32. The molecule has 11 nitrogen and oxygen atoms in total. The Bertz CT molecular complexity index is 1270. The summed E-state index contributed by atoms with van der Waals surface area (Å²) in [6, 6.07) is 11.1. The van der Waals surface area contributed by atoms with Gasteiger partial charge >= 0.3 is 12.1 Å². The van der Waals surface area contributed by atoms with Gasteiger partial charge in [0.15, 0.2) is 5.78 Å². The number of ether oxygens (including phenoxy) is 2. The van der Waals surface area contributed by atoms with Crippen LogP contribution in [0.1, 0.15) is 68.3 Å². The number of rotatable bonds is 9. The van der Waals surface area contributed by atoms with Crippen LogP contribution in [0.5, 0.6) is 0 Å². The van der Waals surface area contributed by atoms with Gasteiger partial charge in [0.25, 0.3) is 5.91 Å². The maximum absolute atomic E-state index is 13.6. The molecule has 11 heteroatoms. The number of benzene rings is 1. The van der Waals surface area contributed by atoms with Crippen molar-refractivity contribution in [1.82, 2.24) is 20.1 Å². The summed E-state index contributed by atoms with van der Waals surface area (Å²) in [5.74, 6) is -1.79. The smallest absolute Gasteiger partial charge is 0.409 e. The van der Waals surface area contributed by atoms with Gasteiger partial charge in [0.2, 0.25) is 5.91 Å². The SMILES string of the molecule is CCOC(=O)N1CCN(C(=O)[C@H](CCC(=O)OC(C)(C)C)NC(=O)c2cc(C(C)=O)cc(-c3ccccc3)n2)CC1. The Kier molecular flexibility index (Phi) is 10.6. The molecule has 1 atom stereocenters. The second-order valence-corrected chi connectivity index (χ2v) is 10.7. The Morgan fingerprint density at radius 2 is 1.61 bits per heavy atom. The van der Waals surface area contributed by atoms with E-state index in [1.807, 2.05) is 30.3 Å². The first-order valence-electron chi connectivity index (χ1n) is 13.7. The van der Waals surface area contributed by atoms with Crippen molar-refractivity contribution in [3.63, 3.8) is 0 Å². The van der Waals surface area contributed by atoms with E-state index < -0.39 is 35.5 Å². The van der Waals surface area contributed by atoms with Crippen LogP contribution >= 0.6 is 0 Å². The summed E-state index contributed by atoms with van der Waals surface area (Å²) in [4.78, 5) is 71.3. The van der Waals surface area contributed by atoms with E-state index in [0.29, 0.717) is 11.3 Å². The lowest BCUT2D eigenvalue weighted by Gasteiger charge is -2.36. The Morgan fingerprint density at radius 1 is 0.976 bits per heavy atom. The quantitative estimate of drug-likeness (QED) is 0.360. The fraction of sp³-hybridized carbons (Fsp3) is 0.467. The molecule has 0 radical (unpaired) electrons. The molecule has 0 spiro atoms. The second-order valence-electron chi connectivity index (χ2n) is 10.7. The van der Waals surface area contributed by atoms with Crippen LogP contribution in [0.4, 0.5) is 4.79 Å². The average Bonchev–Trinajstić information content (AvgIpc) is 2.94. The van der Waals surface area contributed by atoms with Crippen molar-refractivity contribution in [1.29, 1.82) is 0 Å². The molecule has 220 valence electrons. The molecular formula is C30H38N4O7. The molecule has 41 heavy (non-hydrogen) atoms. The van der Waals surface area contributed by atoms with Gasteiger partial charge in [0, 0.05) is 43.7 Å². The van der Waals surface area contributed by atoms with Gasteiger partial charge in [0.05, 0.1) is 12.3 Å². The third-order valence-corrected chi connectivity index (χ3v) is 6.31. The van der Waals surface area contributed by atoms with Crippen molar-refractivity contribution in [2.45, 2.75) is 59.1 Å². The van der Waals surface area contributed by atoms with Crippen molar-refractivity contribution in [3.8, 4) is 11.3 Å². The second kappa shape index (κ2) is 13.9. The van der Waals surface area contributed by atoms with Crippen LogP contribution in [-0.4, -0.2) is 88.9 Å². The Balaban J connectivity index is 1.82. The third-order valence-electron chi connectivity index (χ3n) is 6.31. The van der Waals surface area contributed by atoms with Gasteiger partial charge in [-0.15, -0.1) is 0 Å². The molecule has 2 aromatic rings. The lowest BCUT2D eigenvalue weighted by molar-refractivity contribution is -0.155. The number of ketones is 1. The lowest BCUT2D eigenvalue weighted by Crippen LogP contribution is -2.56. The standard InChI is InChI=1S/C30H38N4O7/c1-6-40-29(39)34-16-14-33(15-17-34)28(38)23(12-13-26(36)41-30(3,4)5)32-27(37)25-19-22(20(2)35)18-24(31-25)21-10-8-7-9-11-21/h7-11,18-19,23H,6,12-17H2,1-5H3,(H,32,37)/t23-/m0/s1. The van der Waals surface area contributed by atoms with Crippen LogP contribution in [0.15, 0.2) is 42.5 Å². The van der Waals surface area contributed by atoms with Crippen molar-refractivity contribution in [2.24, 2.45) is 0 Å². The molecule has 0 saturated carbocycles. The summed E-state index contributed by atoms with van der Waals surface area (Å²) in [5, 5.41) is 2.73. The van der Waals surface area contributed by atoms with E-state index in [-0.39, 0.29) is 57.1 Å². The van der Waals surface area contributed by atoms with Gasteiger partial charge in [-0.05, 0) is 53.2 Å². The highest BCUT2D eigenvalue weighted by molar-refractivity contribution is 6.01. The van der Waals surface area contributed by atoms with Crippen molar-refractivity contribution < 1.29 is 33.4 Å². The number of nitrogens with zero attached hydrogens (tertiary/aromatic N) is 3. The molecular weight excluding hydrogens is 528 g/mol. The fourth-order valence-corrected chi connectivity index (χ4v) is 4.30. The van der Waals surface area contributed by atoms with Crippen LogP contribution in [0.3, 0.4) is 0 Å². The van der Waals surface area contributed by atoms with Crippen LogP contribution < -0.4 is 5.32 Å². The van der Waals surface area contributed by atoms with E-state index in [4.69, 9.17) is 9.47 Å². The number of nitrogens with one attached hydrogen (secondary N) is 1. The van der Waals surface area contributed by atoms with E-state index >= 15 is 0 Å². The molecule has 1 aromatic carbocycles. The van der Waals surface area contributed by atoms with Crippen molar-refractivity contribution in [3.05, 3.63) is 53.7 Å². The lowest BCUT2D eigenvalue weighted by atomic mass is 10.0. The third kappa shape index (κ3) is 9.12. The number of amides is 3. The van der Waals surface area contributed by atoms with Crippen LogP contribution in [0.25, 0.3) is 11.3 Å². The van der Waals surface area contributed by atoms with E-state index in [1.165, 1.54) is 17.9 Å². The normalized spacial score (nSPS) is 14.2. The first kappa shape index (κ1) is 31.3. The Morgan fingerprint density at radius 3 is 2.20 bits per heavy atom. The zero-order valence-electron chi connectivity index (χ0n) is 24.3. The number of Topliss-reactive ketones (excluding diaryl/α,β-unsaturated/α-hetero) is 1. The molecule has 3 amide bonds. The summed E-state index contributed by atoms with van der Waals surface area (Å²) < 4.78 is 10.4. The van der Waals surface area contributed by atoms with E-state index in [2.05, 4.69) is 10.3 Å². The Hall–Kier alpha value is -4.28. The molecule has 1 fully saturated rings. The van der Waals surface area contributed by atoms with Gasteiger partial charge in [-0.25, -0.2) is 9.78 Å². The Labute approximate surface area is 240 Å². The molecule has 0 unspecified atom stereocenters. The predicted octanol–water partition coefficient (Wildman–Crippen LogP) is 3.47. The van der Waals surface area contributed by atoms with Crippen molar-refractivity contribution in [2.75, 3.05) is 32.8 Å². The average molecular weight is 567 g/mol. The van der Waals surface area contributed by atoms with Gasteiger partial charge in [-0.1, -0.05) is 30.3 Å². The van der Waals surface area contributed by atoms with Crippen LogP contribution in [0.2, 0.25) is 0 Å². The topological polar surface area (TPSA) is 135 Å². The zero-order chi connectivity index (χ0) is 30.2. The first-order chi connectivity index (χ1) is 19.4. The molecule has 1 aliphatic rings. The first-order valence-corrected chi connectivity index (χ1v) is 13.7. The fourth-order valence-electron chi connectivity index (χ4n) is 4.30. The molecule has 0 aliphatic carbocycles. The van der Waals surface area contributed by atoms with Gasteiger partial charge in [-0.2, -0.15) is 0 Å². The van der Waals surface area contributed by atoms with Gasteiger partial charge < -0.3 is 24.6 Å². The van der Waals surface area contributed by atoms with Crippen molar-refractivity contribution >= 4 is 29.7 Å². The number of carbonyl (C=O) groups excluding carboxylic acids is 5. The minimum atomic E-state index is -1.06. The monoisotopic (exact) mass is 566 g/mol. The molecule has 3 rings (SSSR count). The maximum atomic E-state index is 13.6. The summed E-state index contributed by atoms with van der Waals surface area (Å²) in [6.07, 6.45) is -0.553. The number of piperazine rings is 1. The van der Waals surface area contributed by atoms with E-state index in [1.54, 1.807) is 38.7 Å². The molecule has 2 heterocycles. The predicted molar refractivity (Wildman–Crippen MR) is 151 cm³/mol. The van der Waals surface area contributed by atoms with Gasteiger partial charge in [-0.3, -0.25) is 19.2 Å². The number of esters is 1. The maximum Gasteiger partial charge on any atom is 0.409 e. The number of hydrogen-bond donors (Lipinski definition) is 1. The molecule has 1 N–H and O–H groups in total. The molecule has 0 bridgehead atoms. The summed E-state index contributed by atoms with van der Waals surface area (Å²) in [5.41, 5.74) is 0.736. The van der Waals surface area contributed by atoms with Crippen LogP contribution in [-0.2, 0) is 19.1 Å². The zero-order valence-corrected chi connectivity index (χ0v) is 24.3. The molecule has 1 aromatic heterocycles. The summed E-state index contributed by atoms with van der Waals surface area (Å²) in [7, 11) is 0. The van der Waals surface area contributed by atoms with E-state index in [9.17, 15) is 24.0 Å². The summed E-state index contributed by atoms with van der Waals surface area (Å²) in [6.45, 7) is 9.65. The number of carbonyl (C=O) groups is 5. The minimum Gasteiger partial charge on any atom is -0.460 e. The number of aromatic nitrogens is 1. The molecule has 1 aliphatic heterocycles. The number of hydrogen-bond acceptors (Lipinski definition) is 8.